The van der Waals surface area contributed by atoms with Gasteiger partial charge in [-0.15, -0.1) is 0 Å². The predicted molar refractivity (Wildman–Crippen MR) is 98.3 cm³/mol. The highest BCUT2D eigenvalue weighted by Crippen LogP contribution is 2.19. The van der Waals surface area contributed by atoms with Gasteiger partial charge >= 0.3 is 0 Å². The van der Waals surface area contributed by atoms with Gasteiger partial charge in [0, 0.05) is 12.2 Å². The van der Waals surface area contributed by atoms with Crippen molar-refractivity contribution in [3.05, 3.63) is 59.4 Å². The summed E-state index contributed by atoms with van der Waals surface area (Å²) in [7, 11) is 1.42. The lowest BCUT2D eigenvalue weighted by molar-refractivity contribution is -0.120. The first-order valence-corrected chi connectivity index (χ1v) is 8.36. The molecule has 1 amide bonds. The zero-order chi connectivity index (χ0) is 19.1. The molecule has 26 heavy (non-hydrogen) atoms. The molecule has 0 bridgehead atoms. The zero-order valence-corrected chi connectivity index (χ0v) is 15.1. The van der Waals surface area contributed by atoms with Crippen LogP contribution >= 0.6 is 0 Å². The summed E-state index contributed by atoms with van der Waals surface area (Å²) in [5.74, 6) is -0.385. The molecule has 0 spiro atoms. The van der Waals surface area contributed by atoms with Crippen molar-refractivity contribution >= 4 is 11.6 Å². The van der Waals surface area contributed by atoms with Crippen molar-refractivity contribution in [2.75, 3.05) is 19.0 Å². The van der Waals surface area contributed by atoms with Crippen molar-refractivity contribution in [3.8, 4) is 11.8 Å². The molecule has 136 valence electrons. The fourth-order valence-electron chi connectivity index (χ4n) is 2.61. The number of nitrogens with one attached hydrogen (secondary N) is 1. The van der Waals surface area contributed by atoms with E-state index in [1.807, 2.05) is 24.8 Å². The topological polar surface area (TPSA) is 65.4 Å². The van der Waals surface area contributed by atoms with E-state index in [9.17, 15) is 9.18 Å². The number of hydrogen-bond acceptors (Lipinski definition) is 4. The number of benzene rings is 2. The summed E-state index contributed by atoms with van der Waals surface area (Å²) in [5, 5.41) is 11.7. The van der Waals surface area contributed by atoms with Gasteiger partial charge in [-0.05, 0) is 55.4 Å². The largest absolute Gasteiger partial charge is 0.494 e. The Bertz CT molecular complexity index is 800. The van der Waals surface area contributed by atoms with Crippen molar-refractivity contribution in [3.63, 3.8) is 0 Å². The SMILES string of the molecule is CCN(Cc1ccc(OC)c(F)c1)C(C)C(=O)Nc1ccc(C#N)cc1. The van der Waals surface area contributed by atoms with Crippen LogP contribution in [0.25, 0.3) is 0 Å². The van der Waals surface area contributed by atoms with Crippen molar-refractivity contribution < 1.29 is 13.9 Å². The normalized spacial score (nSPS) is 11.7. The number of carbonyl (C=O) groups excluding carboxylic acids is 1. The highest BCUT2D eigenvalue weighted by atomic mass is 19.1. The van der Waals surface area contributed by atoms with Gasteiger partial charge in [-0.2, -0.15) is 5.26 Å². The maximum absolute atomic E-state index is 13.9. The molecular weight excluding hydrogens is 333 g/mol. The number of nitrogens with zero attached hydrogens (tertiary/aromatic N) is 2. The van der Waals surface area contributed by atoms with Gasteiger partial charge in [0.05, 0.1) is 24.8 Å². The lowest BCUT2D eigenvalue weighted by Gasteiger charge is -2.27. The highest BCUT2D eigenvalue weighted by Gasteiger charge is 2.20. The third-order valence-corrected chi connectivity index (χ3v) is 4.22. The Morgan fingerprint density at radius 3 is 2.54 bits per heavy atom. The van der Waals surface area contributed by atoms with Crippen molar-refractivity contribution in [2.45, 2.75) is 26.4 Å². The van der Waals surface area contributed by atoms with Gasteiger partial charge in [0.25, 0.3) is 0 Å². The molecule has 6 heteroatoms. The Balaban J connectivity index is 2.04. The summed E-state index contributed by atoms with van der Waals surface area (Å²) in [6.45, 7) is 4.84. The second kappa shape index (κ2) is 8.97. The van der Waals surface area contributed by atoms with Gasteiger partial charge in [0.2, 0.25) is 5.91 Å². The molecule has 0 aliphatic heterocycles. The molecule has 0 aliphatic carbocycles. The van der Waals surface area contributed by atoms with E-state index >= 15 is 0 Å². The molecule has 0 heterocycles. The fourth-order valence-corrected chi connectivity index (χ4v) is 2.61. The van der Waals surface area contributed by atoms with E-state index in [1.165, 1.54) is 13.2 Å². The standard InChI is InChI=1S/C20H22FN3O2/c1-4-24(13-16-7-10-19(26-3)18(21)11-16)14(2)20(25)23-17-8-5-15(12-22)6-9-17/h5-11,14H,4,13H2,1-3H3,(H,23,25). The molecule has 1 atom stereocenters. The quantitative estimate of drug-likeness (QED) is 0.825. The number of nitriles is 1. The summed E-state index contributed by atoms with van der Waals surface area (Å²) in [6, 6.07) is 13.1. The second-order valence-electron chi connectivity index (χ2n) is 5.89. The summed E-state index contributed by atoms with van der Waals surface area (Å²) >= 11 is 0. The van der Waals surface area contributed by atoms with Crippen molar-refractivity contribution in [1.82, 2.24) is 4.90 Å². The van der Waals surface area contributed by atoms with E-state index in [-0.39, 0.29) is 11.7 Å². The van der Waals surface area contributed by atoms with Gasteiger partial charge in [0.15, 0.2) is 11.6 Å². The minimum atomic E-state index is -0.421. The second-order valence-corrected chi connectivity index (χ2v) is 5.89. The number of methoxy groups -OCH3 is 1. The predicted octanol–water partition coefficient (Wildman–Crippen LogP) is 3.56. The molecule has 2 aromatic rings. The van der Waals surface area contributed by atoms with Crippen LogP contribution in [-0.2, 0) is 11.3 Å². The zero-order valence-electron chi connectivity index (χ0n) is 15.1. The minimum absolute atomic E-state index is 0.162. The summed E-state index contributed by atoms with van der Waals surface area (Å²) < 4.78 is 18.8. The number of anilines is 1. The van der Waals surface area contributed by atoms with Crippen LogP contribution in [0.1, 0.15) is 25.0 Å². The molecule has 5 nitrogen and oxygen atoms in total. The Hall–Kier alpha value is -2.91. The van der Waals surface area contributed by atoms with E-state index in [0.29, 0.717) is 24.3 Å². The molecule has 0 aliphatic rings. The Morgan fingerprint density at radius 2 is 2.00 bits per heavy atom. The molecule has 0 radical (unpaired) electrons. The summed E-state index contributed by atoms with van der Waals surface area (Å²) in [6.07, 6.45) is 0. The van der Waals surface area contributed by atoms with Crippen LogP contribution in [0.4, 0.5) is 10.1 Å². The lowest BCUT2D eigenvalue weighted by Crippen LogP contribution is -2.41. The molecule has 0 aromatic heterocycles. The number of hydrogen-bond donors (Lipinski definition) is 1. The van der Waals surface area contributed by atoms with E-state index < -0.39 is 11.9 Å². The van der Waals surface area contributed by atoms with E-state index in [4.69, 9.17) is 10.00 Å². The van der Waals surface area contributed by atoms with Gasteiger partial charge < -0.3 is 10.1 Å². The third-order valence-electron chi connectivity index (χ3n) is 4.22. The van der Waals surface area contributed by atoms with Crippen LogP contribution < -0.4 is 10.1 Å². The maximum atomic E-state index is 13.9. The Morgan fingerprint density at radius 1 is 1.31 bits per heavy atom. The van der Waals surface area contributed by atoms with Crippen molar-refractivity contribution in [1.29, 1.82) is 5.26 Å². The fraction of sp³-hybridized carbons (Fsp3) is 0.300. The Labute approximate surface area is 153 Å². The van der Waals surface area contributed by atoms with E-state index in [2.05, 4.69) is 5.32 Å². The first-order valence-electron chi connectivity index (χ1n) is 8.36. The van der Waals surface area contributed by atoms with Crippen LogP contribution in [-0.4, -0.2) is 30.5 Å². The molecular formula is C20H22FN3O2. The van der Waals surface area contributed by atoms with Gasteiger partial charge in [-0.3, -0.25) is 9.69 Å². The molecule has 2 aromatic carbocycles. The molecule has 0 fully saturated rings. The molecule has 0 saturated carbocycles. The van der Waals surface area contributed by atoms with Crippen molar-refractivity contribution in [2.24, 2.45) is 0 Å². The lowest BCUT2D eigenvalue weighted by atomic mass is 10.1. The van der Waals surface area contributed by atoms with E-state index in [1.54, 1.807) is 36.4 Å². The van der Waals surface area contributed by atoms with Gasteiger partial charge in [-0.1, -0.05) is 13.0 Å². The van der Waals surface area contributed by atoms with Crippen LogP contribution in [0.15, 0.2) is 42.5 Å². The Kier molecular flexibility index (Phi) is 6.70. The number of carbonyl (C=O) groups is 1. The first kappa shape index (κ1) is 19.4. The number of halogens is 1. The minimum Gasteiger partial charge on any atom is -0.494 e. The maximum Gasteiger partial charge on any atom is 0.241 e. The third kappa shape index (κ3) is 4.80. The number of amides is 1. The molecule has 1 unspecified atom stereocenters. The highest BCUT2D eigenvalue weighted by molar-refractivity contribution is 5.94. The molecule has 1 N–H and O–H groups in total. The number of rotatable bonds is 7. The first-order chi connectivity index (χ1) is 12.5. The number of likely N-dealkylation sites (N-methyl/N-ethyl adjacent to an activating group) is 1. The average Bonchev–Trinajstić information content (AvgIpc) is 2.66. The monoisotopic (exact) mass is 355 g/mol. The summed E-state index contributed by atoms with van der Waals surface area (Å²) in [4.78, 5) is 14.5. The smallest absolute Gasteiger partial charge is 0.241 e. The average molecular weight is 355 g/mol. The van der Waals surface area contributed by atoms with Gasteiger partial charge in [0.1, 0.15) is 0 Å². The van der Waals surface area contributed by atoms with Crippen LogP contribution in [0.2, 0.25) is 0 Å². The van der Waals surface area contributed by atoms with Crippen LogP contribution in [0.5, 0.6) is 5.75 Å². The van der Waals surface area contributed by atoms with Crippen LogP contribution in [0.3, 0.4) is 0 Å². The summed E-state index contributed by atoms with van der Waals surface area (Å²) in [5.41, 5.74) is 1.93. The van der Waals surface area contributed by atoms with Crippen LogP contribution in [0, 0.1) is 17.1 Å². The van der Waals surface area contributed by atoms with E-state index in [0.717, 1.165) is 5.56 Å². The molecule has 2 rings (SSSR count). The molecule has 0 saturated heterocycles. The number of ether oxygens (including phenoxy) is 1. The van der Waals surface area contributed by atoms with Gasteiger partial charge in [-0.25, -0.2) is 4.39 Å².